The molecule has 0 saturated heterocycles. The van der Waals surface area contributed by atoms with E-state index in [4.69, 9.17) is 10.2 Å². The summed E-state index contributed by atoms with van der Waals surface area (Å²) < 4.78 is 4.86. The van der Waals surface area contributed by atoms with Gasteiger partial charge in [-0.2, -0.15) is 0 Å². The Hall–Kier alpha value is -6.26. The second-order valence-electron chi connectivity index (χ2n) is 12.2. The molecule has 4 heteroatoms. The molecule has 0 amide bonds. The van der Waals surface area contributed by atoms with Gasteiger partial charge < -0.3 is 4.40 Å². The third-order valence-electron chi connectivity index (χ3n) is 9.91. The minimum Gasteiger partial charge on any atom is -0.308 e. The zero-order valence-electron chi connectivity index (χ0n) is 24.6. The molecule has 212 valence electrons. The Kier molecular flexibility index (Phi) is 4.55. The first-order valence-corrected chi connectivity index (χ1v) is 15.7. The van der Waals surface area contributed by atoms with Crippen LogP contribution in [0.3, 0.4) is 0 Å². The molecule has 0 fully saturated rings. The molecular weight excluding hydrogens is 560 g/mol. The third-order valence-corrected chi connectivity index (χ3v) is 9.91. The lowest BCUT2D eigenvalue weighted by Gasteiger charge is -2.13. The van der Waals surface area contributed by atoms with Crippen LogP contribution in [0.1, 0.15) is 0 Å². The Bertz CT molecular complexity index is 3020. The molecule has 11 rings (SSSR count). The zero-order valence-corrected chi connectivity index (χ0v) is 24.6. The SMILES string of the molecule is c1ccc(-c2nnc(-n3c4ccccc4c4cc5c6ccccc6n6c7ccc8ccccc8c7c(c43)c56)c3ccccc23)cc1. The molecule has 0 N–H and O–H groups in total. The predicted molar refractivity (Wildman–Crippen MR) is 191 cm³/mol. The highest BCUT2D eigenvalue weighted by atomic mass is 15.2. The summed E-state index contributed by atoms with van der Waals surface area (Å²) in [5.41, 5.74) is 7.95. The van der Waals surface area contributed by atoms with Gasteiger partial charge in [-0.1, -0.05) is 121 Å². The Morgan fingerprint density at radius 3 is 1.85 bits per heavy atom. The number of hydrogen-bond donors (Lipinski definition) is 0. The van der Waals surface area contributed by atoms with Crippen molar-refractivity contribution in [2.45, 2.75) is 0 Å². The second kappa shape index (κ2) is 8.68. The number of hydrogen-bond acceptors (Lipinski definition) is 2. The Morgan fingerprint density at radius 1 is 0.391 bits per heavy atom. The van der Waals surface area contributed by atoms with Crippen molar-refractivity contribution in [3.8, 4) is 17.1 Å². The van der Waals surface area contributed by atoms with Crippen LogP contribution in [0.5, 0.6) is 0 Å². The van der Waals surface area contributed by atoms with Gasteiger partial charge in [0.25, 0.3) is 0 Å². The van der Waals surface area contributed by atoms with E-state index < -0.39 is 0 Å². The van der Waals surface area contributed by atoms with Crippen LogP contribution in [0.2, 0.25) is 0 Å². The lowest BCUT2D eigenvalue weighted by Crippen LogP contribution is -2.02. The Balaban J connectivity index is 1.42. The number of nitrogens with zero attached hydrogens (tertiary/aromatic N) is 4. The molecule has 0 saturated carbocycles. The summed E-state index contributed by atoms with van der Waals surface area (Å²) >= 11 is 0. The molecule has 0 spiro atoms. The van der Waals surface area contributed by atoms with Gasteiger partial charge in [0.15, 0.2) is 5.82 Å². The molecule has 4 nitrogen and oxygen atoms in total. The van der Waals surface area contributed by atoms with Gasteiger partial charge in [0.05, 0.1) is 27.6 Å². The van der Waals surface area contributed by atoms with Gasteiger partial charge >= 0.3 is 0 Å². The fraction of sp³-hybridized carbons (Fsp3) is 0. The zero-order chi connectivity index (χ0) is 29.9. The van der Waals surface area contributed by atoms with Gasteiger partial charge in [-0.25, -0.2) is 0 Å². The van der Waals surface area contributed by atoms with Crippen molar-refractivity contribution >= 4 is 81.4 Å². The quantitative estimate of drug-likeness (QED) is 0.203. The number of para-hydroxylation sites is 2. The molecule has 0 aliphatic carbocycles. The van der Waals surface area contributed by atoms with E-state index in [9.17, 15) is 0 Å². The van der Waals surface area contributed by atoms with Crippen molar-refractivity contribution in [1.29, 1.82) is 0 Å². The van der Waals surface area contributed by atoms with Crippen molar-refractivity contribution < 1.29 is 0 Å². The van der Waals surface area contributed by atoms with Crippen molar-refractivity contribution in [1.82, 2.24) is 19.2 Å². The maximum Gasteiger partial charge on any atom is 0.168 e. The first-order chi connectivity index (χ1) is 22.9. The van der Waals surface area contributed by atoms with Crippen LogP contribution in [0.25, 0.3) is 98.5 Å². The number of fused-ring (bicyclic) bond motifs is 13. The van der Waals surface area contributed by atoms with Gasteiger partial charge in [-0.3, -0.25) is 4.57 Å². The Labute approximate surface area is 262 Å². The molecule has 11 aromatic rings. The highest BCUT2D eigenvalue weighted by Gasteiger charge is 2.26. The summed E-state index contributed by atoms with van der Waals surface area (Å²) in [6.45, 7) is 0. The van der Waals surface area contributed by atoms with Gasteiger partial charge in [0.2, 0.25) is 0 Å². The minimum atomic E-state index is 0.841. The average molecular weight is 585 g/mol. The van der Waals surface area contributed by atoms with Crippen LogP contribution in [-0.2, 0) is 0 Å². The average Bonchev–Trinajstić information content (AvgIpc) is 3.76. The van der Waals surface area contributed by atoms with Crippen LogP contribution < -0.4 is 0 Å². The van der Waals surface area contributed by atoms with Crippen molar-refractivity contribution in [3.05, 3.63) is 146 Å². The van der Waals surface area contributed by atoms with E-state index in [1.165, 1.54) is 65.2 Å². The summed E-state index contributed by atoms with van der Waals surface area (Å²) in [5.74, 6) is 0.841. The van der Waals surface area contributed by atoms with E-state index in [1.807, 2.05) is 6.07 Å². The fourth-order valence-corrected chi connectivity index (χ4v) is 8.05. The van der Waals surface area contributed by atoms with Crippen LogP contribution in [0.4, 0.5) is 0 Å². The van der Waals surface area contributed by atoms with Gasteiger partial charge in [-0.15, -0.1) is 10.2 Å². The van der Waals surface area contributed by atoms with E-state index in [0.29, 0.717) is 0 Å². The van der Waals surface area contributed by atoms with Crippen LogP contribution in [0, 0.1) is 0 Å². The molecule has 0 bridgehead atoms. The molecular formula is C42H24N4. The van der Waals surface area contributed by atoms with Crippen LogP contribution >= 0.6 is 0 Å². The molecule has 4 heterocycles. The Morgan fingerprint density at radius 2 is 1.02 bits per heavy atom. The fourth-order valence-electron chi connectivity index (χ4n) is 8.05. The number of aromatic nitrogens is 4. The molecule has 0 unspecified atom stereocenters. The van der Waals surface area contributed by atoms with Crippen LogP contribution in [-0.4, -0.2) is 19.2 Å². The largest absolute Gasteiger partial charge is 0.308 e. The van der Waals surface area contributed by atoms with Gasteiger partial charge in [0, 0.05) is 48.7 Å². The summed E-state index contributed by atoms with van der Waals surface area (Å²) in [4.78, 5) is 0. The highest BCUT2D eigenvalue weighted by molar-refractivity contribution is 6.37. The lowest BCUT2D eigenvalue weighted by atomic mass is 9.99. The van der Waals surface area contributed by atoms with E-state index in [1.54, 1.807) is 0 Å². The summed E-state index contributed by atoms with van der Waals surface area (Å²) in [6, 6.07) is 52.2. The summed E-state index contributed by atoms with van der Waals surface area (Å²) in [6.07, 6.45) is 0. The van der Waals surface area contributed by atoms with Gasteiger partial charge in [-0.05, 0) is 35.0 Å². The van der Waals surface area contributed by atoms with E-state index in [2.05, 4.69) is 148 Å². The topological polar surface area (TPSA) is 35.1 Å². The van der Waals surface area contributed by atoms with Crippen molar-refractivity contribution in [2.24, 2.45) is 0 Å². The molecule has 0 radical (unpaired) electrons. The van der Waals surface area contributed by atoms with E-state index >= 15 is 0 Å². The standard InChI is InChI=1S/C42H24N4/c1-2-13-26(14-3-1)39-30-18-6-7-19-31(30)42(44-43-39)46-35-21-11-9-17-29(35)33-24-32-28-16-8-10-20-34(28)45-36-23-22-25-12-4-5-15-27(25)37(36)38(40(32)45)41(33)46/h1-24H. The molecule has 0 atom stereocenters. The third kappa shape index (κ3) is 2.94. The summed E-state index contributed by atoms with van der Waals surface area (Å²) in [7, 11) is 0. The normalized spacial score (nSPS) is 12.3. The highest BCUT2D eigenvalue weighted by Crippen LogP contribution is 2.48. The first-order valence-electron chi connectivity index (χ1n) is 15.7. The first kappa shape index (κ1) is 24.1. The molecule has 4 aromatic heterocycles. The van der Waals surface area contributed by atoms with E-state index in [-0.39, 0.29) is 0 Å². The van der Waals surface area contributed by atoms with Gasteiger partial charge in [0.1, 0.15) is 5.69 Å². The van der Waals surface area contributed by atoms with Crippen molar-refractivity contribution in [2.75, 3.05) is 0 Å². The molecule has 0 aliphatic heterocycles. The van der Waals surface area contributed by atoms with E-state index in [0.717, 1.165) is 33.4 Å². The maximum absolute atomic E-state index is 5.07. The van der Waals surface area contributed by atoms with Crippen LogP contribution in [0.15, 0.2) is 146 Å². The second-order valence-corrected chi connectivity index (χ2v) is 12.2. The van der Waals surface area contributed by atoms with Crippen molar-refractivity contribution in [3.63, 3.8) is 0 Å². The minimum absolute atomic E-state index is 0.841. The molecule has 46 heavy (non-hydrogen) atoms. The number of benzene rings is 7. The monoisotopic (exact) mass is 584 g/mol. The summed E-state index contributed by atoms with van der Waals surface area (Å²) in [5, 5.41) is 22.2. The number of rotatable bonds is 2. The molecule has 0 aliphatic rings. The lowest BCUT2D eigenvalue weighted by molar-refractivity contribution is 0.978. The molecule has 7 aromatic carbocycles. The maximum atomic E-state index is 5.07. The predicted octanol–water partition coefficient (Wildman–Crippen LogP) is 10.7. The smallest absolute Gasteiger partial charge is 0.168 e.